The van der Waals surface area contributed by atoms with Crippen LogP contribution in [0, 0.1) is 0 Å². The van der Waals surface area contributed by atoms with Crippen molar-refractivity contribution < 1.29 is 4.74 Å². The summed E-state index contributed by atoms with van der Waals surface area (Å²) in [6, 6.07) is 0.289. The fraction of sp³-hybridized carbons (Fsp3) is 0.125. The lowest BCUT2D eigenvalue weighted by molar-refractivity contribution is 0.317. The zero-order valence-corrected chi connectivity index (χ0v) is 8.32. The van der Waals surface area contributed by atoms with E-state index in [4.69, 9.17) is 4.74 Å². The van der Waals surface area contributed by atoms with E-state index in [0.29, 0.717) is 17.8 Å². The van der Waals surface area contributed by atoms with Gasteiger partial charge < -0.3 is 9.72 Å². The quantitative estimate of drug-likeness (QED) is 0.706. The molecule has 1 N–H and O–H groups in total. The molecule has 3 rings (SSSR count). The molecule has 7 heteroatoms. The van der Waals surface area contributed by atoms with Crippen LogP contribution in [-0.2, 0) is 0 Å². The van der Waals surface area contributed by atoms with E-state index in [1.165, 1.54) is 10.9 Å². The Morgan fingerprint density at radius 3 is 3.27 bits per heavy atom. The van der Waals surface area contributed by atoms with Crippen molar-refractivity contribution in [2.75, 3.05) is 6.61 Å². The molecule has 1 aliphatic heterocycles. The molecule has 0 fully saturated rings. The number of halogens is 1. The van der Waals surface area contributed by atoms with E-state index >= 15 is 0 Å². The molecule has 0 unspecified atom stereocenters. The van der Waals surface area contributed by atoms with Crippen LogP contribution in [0.2, 0.25) is 0 Å². The van der Waals surface area contributed by atoms with E-state index in [-0.39, 0.29) is 24.0 Å². The van der Waals surface area contributed by atoms with Crippen molar-refractivity contribution in [1.29, 1.82) is 0 Å². The van der Waals surface area contributed by atoms with Crippen molar-refractivity contribution in [2.45, 2.75) is 0 Å². The molecule has 3 heterocycles. The van der Waals surface area contributed by atoms with E-state index in [0.717, 1.165) is 0 Å². The molecule has 0 saturated carbocycles. The maximum atomic E-state index is 11.8. The third kappa shape index (κ3) is 1.30. The minimum Gasteiger partial charge on any atom is -0.460 e. The fourth-order valence-electron chi connectivity index (χ4n) is 1.39. The molecule has 78 valence electrons. The van der Waals surface area contributed by atoms with Crippen LogP contribution in [0.5, 0.6) is 6.01 Å². The van der Waals surface area contributed by atoms with Gasteiger partial charge in [-0.25, -0.2) is 9.55 Å². The van der Waals surface area contributed by atoms with Crippen molar-refractivity contribution in [1.82, 2.24) is 19.5 Å². The number of hydrogen-bond acceptors (Lipinski definition) is 4. The van der Waals surface area contributed by atoms with Gasteiger partial charge >= 0.3 is 6.01 Å². The first-order valence-electron chi connectivity index (χ1n) is 4.11. The van der Waals surface area contributed by atoms with Gasteiger partial charge in [0.05, 0.1) is 6.33 Å². The Bertz CT molecular complexity index is 586. The monoisotopic (exact) mass is 226 g/mol. The topological polar surface area (TPSA) is 72.8 Å². The Morgan fingerprint density at radius 2 is 2.40 bits per heavy atom. The fourth-order valence-corrected chi connectivity index (χ4v) is 1.39. The maximum absolute atomic E-state index is 11.8. The van der Waals surface area contributed by atoms with Gasteiger partial charge in [-0.15, -0.1) is 12.4 Å². The molecule has 0 bridgehead atoms. The highest BCUT2D eigenvalue weighted by molar-refractivity contribution is 5.85. The summed E-state index contributed by atoms with van der Waals surface area (Å²) in [6.45, 7) is 0.433. The number of ether oxygens (including phenoxy) is 1. The van der Waals surface area contributed by atoms with Crippen LogP contribution in [-0.4, -0.2) is 26.1 Å². The van der Waals surface area contributed by atoms with E-state index in [9.17, 15) is 4.79 Å². The van der Waals surface area contributed by atoms with Gasteiger partial charge in [0.2, 0.25) is 0 Å². The molecular weight excluding hydrogens is 220 g/mol. The van der Waals surface area contributed by atoms with E-state index in [2.05, 4.69) is 15.0 Å². The molecule has 0 radical (unpaired) electrons. The largest absolute Gasteiger partial charge is 0.460 e. The van der Waals surface area contributed by atoms with Crippen molar-refractivity contribution in [2.24, 2.45) is 0 Å². The van der Waals surface area contributed by atoms with Gasteiger partial charge in [0.15, 0.2) is 11.2 Å². The van der Waals surface area contributed by atoms with Gasteiger partial charge in [0.25, 0.3) is 5.56 Å². The summed E-state index contributed by atoms with van der Waals surface area (Å²) >= 11 is 0. The first-order chi connectivity index (χ1) is 6.86. The van der Waals surface area contributed by atoms with Gasteiger partial charge in [-0.1, -0.05) is 0 Å². The molecule has 1 aliphatic rings. The number of imidazole rings is 1. The number of aromatic nitrogens is 4. The minimum absolute atomic E-state index is 0. The Hall–Kier alpha value is -1.82. The number of nitrogens with one attached hydrogen (secondary N) is 1. The summed E-state index contributed by atoms with van der Waals surface area (Å²) in [5.74, 6) is 0. The van der Waals surface area contributed by atoms with Crippen LogP contribution < -0.4 is 10.3 Å². The molecule has 6 nitrogen and oxygen atoms in total. The summed E-state index contributed by atoms with van der Waals surface area (Å²) in [5.41, 5.74) is 0.582. The molecule has 2 aromatic heterocycles. The molecule has 0 atom stereocenters. The molecule has 2 aromatic rings. The van der Waals surface area contributed by atoms with Crippen molar-refractivity contribution in [3.05, 3.63) is 22.8 Å². The van der Waals surface area contributed by atoms with Crippen LogP contribution in [0.4, 0.5) is 0 Å². The van der Waals surface area contributed by atoms with Gasteiger partial charge in [-0.05, 0) is 6.08 Å². The maximum Gasteiger partial charge on any atom is 0.305 e. The Balaban J connectivity index is 0.000000853. The third-order valence-electron chi connectivity index (χ3n) is 2.02. The standard InChI is InChI=1S/C8H6N4O2.ClH/c13-7-5-6(10-4-9-5)11-8-12(7)2-1-3-14-8;/h1-2,4H,3H2,(H,9,10);1H. The summed E-state index contributed by atoms with van der Waals surface area (Å²) in [5, 5.41) is 0. The van der Waals surface area contributed by atoms with Crippen molar-refractivity contribution >= 4 is 29.8 Å². The van der Waals surface area contributed by atoms with Crippen molar-refractivity contribution in [3.8, 4) is 6.01 Å². The highest BCUT2D eigenvalue weighted by atomic mass is 35.5. The van der Waals surface area contributed by atoms with Crippen LogP contribution in [0.3, 0.4) is 0 Å². The van der Waals surface area contributed by atoms with Gasteiger partial charge in [0.1, 0.15) is 6.61 Å². The number of aromatic amines is 1. The zero-order valence-electron chi connectivity index (χ0n) is 7.51. The summed E-state index contributed by atoms with van der Waals surface area (Å²) < 4.78 is 6.54. The first kappa shape index (κ1) is 9.72. The smallest absolute Gasteiger partial charge is 0.305 e. The number of fused-ring (bicyclic) bond motifs is 2. The van der Waals surface area contributed by atoms with Crippen molar-refractivity contribution in [3.63, 3.8) is 0 Å². The second kappa shape index (κ2) is 3.39. The number of nitrogens with zero attached hydrogens (tertiary/aromatic N) is 3. The summed E-state index contributed by atoms with van der Waals surface area (Å²) in [6.07, 6.45) is 4.83. The van der Waals surface area contributed by atoms with Gasteiger partial charge in [-0.2, -0.15) is 4.98 Å². The SMILES string of the molecule is Cl.O=c1c2[nH]cnc2nc2n1C=CCO2. The molecule has 0 amide bonds. The number of rotatable bonds is 0. The molecule has 15 heavy (non-hydrogen) atoms. The predicted octanol–water partition coefficient (Wildman–Crippen LogP) is 0.404. The molecule has 0 aromatic carbocycles. The number of H-pyrrole nitrogens is 1. The van der Waals surface area contributed by atoms with Gasteiger partial charge in [-0.3, -0.25) is 4.79 Å². The van der Waals surface area contributed by atoms with E-state index in [1.807, 2.05) is 0 Å². The Kier molecular flexibility index (Phi) is 2.20. The average Bonchev–Trinajstić information content (AvgIpc) is 2.66. The lowest BCUT2D eigenvalue weighted by Gasteiger charge is -2.11. The van der Waals surface area contributed by atoms with Crippen LogP contribution >= 0.6 is 12.4 Å². The first-order valence-corrected chi connectivity index (χ1v) is 4.11. The number of hydrogen-bond donors (Lipinski definition) is 1. The molecule has 0 spiro atoms. The van der Waals surface area contributed by atoms with Crippen LogP contribution in [0.25, 0.3) is 17.4 Å². The normalized spacial score (nSPS) is 13.1. The summed E-state index contributed by atoms with van der Waals surface area (Å²) in [4.78, 5) is 22.5. The predicted molar refractivity (Wildman–Crippen MR) is 56.2 cm³/mol. The van der Waals surface area contributed by atoms with Crippen LogP contribution in [0.15, 0.2) is 17.2 Å². The third-order valence-corrected chi connectivity index (χ3v) is 2.02. The highest BCUT2D eigenvalue weighted by Crippen LogP contribution is 2.12. The zero-order chi connectivity index (χ0) is 9.54. The van der Waals surface area contributed by atoms with E-state index in [1.54, 1.807) is 12.3 Å². The lowest BCUT2D eigenvalue weighted by Crippen LogP contribution is -2.22. The van der Waals surface area contributed by atoms with Gasteiger partial charge in [0, 0.05) is 6.20 Å². The Labute approximate surface area is 90.0 Å². The lowest BCUT2D eigenvalue weighted by atomic mass is 10.5. The average molecular weight is 227 g/mol. The molecule has 0 aliphatic carbocycles. The van der Waals surface area contributed by atoms with Crippen LogP contribution in [0.1, 0.15) is 0 Å². The molecule has 0 saturated heterocycles. The molecular formula is C8H7ClN4O2. The second-order valence-corrected chi connectivity index (χ2v) is 2.87. The van der Waals surface area contributed by atoms with E-state index < -0.39 is 0 Å². The minimum atomic E-state index is -0.196. The highest BCUT2D eigenvalue weighted by Gasteiger charge is 2.13. The summed E-state index contributed by atoms with van der Waals surface area (Å²) in [7, 11) is 0. The Morgan fingerprint density at radius 1 is 1.53 bits per heavy atom. The second-order valence-electron chi connectivity index (χ2n) is 2.87.